The molecule has 6 heteroatoms. The number of pyridine rings is 1. The molecule has 2 atom stereocenters. The summed E-state index contributed by atoms with van der Waals surface area (Å²) in [6, 6.07) is 1.83. The second-order valence-corrected chi connectivity index (χ2v) is 8.82. The lowest BCUT2D eigenvalue weighted by Gasteiger charge is -2.30. The minimum Gasteiger partial charge on any atom is -0.342 e. The lowest BCUT2D eigenvalue weighted by atomic mass is 9.84. The summed E-state index contributed by atoms with van der Waals surface area (Å²) in [6.45, 7) is 2.86. The van der Waals surface area contributed by atoms with Crippen LogP contribution in [0.4, 0.5) is 0 Å². The van der Waals surface area contributed by atoms with Crippen LogP contribution in [0.5, 0.6) is 0 Å². The number of hydrogen-bond donors (Lipinski definition) is 1. The quantitative estimate of drug-likeness (QED) is 0.860. The molecule has 2 aliphatic heterocycles. The molecule has 4 aliphatic rings. The SMILES string of the molecule is O=C(c1cc2c([nH]c1=O)CCCC2)N1C[C@@H]2CN(C(=O)C3CCC3)C[C@@H]2C1. The molecule has 6 nitrogen and oxygen atoms in total. The number of aromatic nitrogens is 1. The number of fused-ring (bicyclic) bond motifs is 2. The fraction of sp³-hybridized carbons (Fsp3) is 0.667. The Morgan fingerprint density at radius 2 is 1.59 bits per heavy atom. The van der Waals surface area contributed by atoms with Crippen LogP contribution in [-0.2, 0) is 17.6 Å². The van der Waals surface area contributed by atoms with Crippen molar-refractivity contribution in [3.05, 3.63) is 33.2 Å². The van der Waals surface area contributed by atoms with Gasteiger partial charge in [-0.15, -0.1) is 0 Å². The van der Waals surface area contributed by atoms with Crippen molar-refractivity contribution in [2.45, 2.75) is 44.9 Å². The Hall–Kier alpha value is -2.11. The third-order valence-electron chi connectivity index (χ3n) is 7.11. The van der Waals surface area contributed by atoms with E-state index in [0.29, 0.717) is 30.8 Å². The molecule has 3 fully saturated rings. The number of likely N-dealkylation sites (tertiary alicyclic amines) is 2. The highest BCUT2D eigenvalue weighted by Gasteiger charge is 2.45. The van der Waals surface area contributed by atoms with E-state index in [9.17, 15) is 14.4 Å². The molecule has 1 aromatic rings. The third-order valence-corrected chi connectivity index (χ3v) is 7.11. The molecule has 0 bridgehead atoms. The van der Waals surface area contributed by atoms with Crippen molar-refractivity contribution in [1.82, 2.24) is 14.8 Å². The van der Waals surface area contributed by atoms with Crippen molar-refractivity contribution < 1.29 is 9.59 Å². The van der Waals surface area contributed by atoms with Gasteiger partial charge in [-0.3, -0.25) is 14.4 Å². The standard InChI is InChI=1S/C21H27N3O3/c25-19-17(8-14-4-1-2-7-18(14)22-19)21(27)24-11-15-9-23(10-16(15)12-24)20(26)13-5-3-6-13/h8,13,15-16H,1-7,9-12H2,(H,22,25)/t15-,16+. The molecule has 1 N–H and O–H groups in total. The van der Waals surface area contributed by atoms with Gasteiger partial charge in [0.15, 0.2) is 0 Å². The van der Waals surface area contributed by atoms with E-state index in [0.717, 1.165) is 62.9 Å². The topological polar surface area (TPSA) is 73.5 Å². The Balaban J connectivity index is 1.27. The highest BCUT2D eigenvalue weighted by molar-refractivity contribution is 5.94. The summed E-state index contributed by atoms with van der Waals surface area (Å²) >= 11 is 0. The zero-order valence-corrected chi connectivity index (χ0v) is 15.7. The fourth-order valence-electron chi connectivity index (χ4n) is 5.26. The smallest absolute Gasteiger partial charge is 0.261 e. The van der Waals surface area contributed by atoms with Crippen LogP contribution in [0.25, 0.3) is 0 Å². The van der Waals surface area contributed by atoms with Gasteiger partial charge < -0.3 is 14.8 Å². The van der Waals surface area contributed by atoms with E-state index in [2.05, 4.69) is 4.98 Å². The van der Waals surface area contributed by atoms with Crippen molar-refractivity contribution in [3.63, 3.8) is 0 Å². The van der Waals surface area contributed by atoms with Crippen molar-refractivity contribution in [2.24, 2.45) is 17.8 Å². The molecule has 2 amide bonds. The highest BCUT2D eigenvalue weighted by Crippen LogP contribution is 2.35. The summed E-state index contributed by atoms with van der Waals surface area (Å²) in [5.41, 5.74) is 2.17. The van der Waals surface area contributed by atoms with Gasteiger partial charge in [0.05, 0.1) is 0 Å². The molecule has 144 valence electrons. The summed E-state index contributed by atoms with van der Waals surface area (Å²) in [7, 11) is 0. The van der Waals surface area contributed by atoms with Crippen LogP contribution < -0.4 is 5.56 Å². The first-order valence-electron chi connectivity index (χ1n) is 10.4. The molecule has 0 radical (unpaired) electrons. The lowest BCUT2D eigenvalue weighted by molar-refractivity contribution is -0.137. The Bertz CT molecular complexity index is 828. The monoisotopic (exact) mass is 369 g/mol. The van der Waals surface area contributed by atoms with Gasteiger partial charge in [-0.1, -0.05) is 6.42 Å². The molecule has 2 saturated heterocycles. The number of hydrogen-bond acceptors (Lipinski definition) is 3. The van der Waals surface area contributed by atoms with Gasteiger partial charge >= 0.3 is 0 Å². The minimum atomic E-state index is -0.250. The average molecular weight is 369 g/mol. The Labute approximate surface area is 158 Å². The normalized spacial score (nSPS) is 27.3. The van der Waals surface area contributed by atoms with Crippen LogP contribution in [0.2, 0.25) is 0 Å². The number of aromatic amines is 1. The molecular weight excluding hydrogens is 342 g/mol. The van der Waals surface area contributed by atoms with Crippen LogP contribution in [0, 0.1) is 17.8 Å². The van der Waals surface area contributed by atoms with Crippen LogP contribution in [0.3, 0.4) is 0 Å². The van der Waals surface area contributed by atoms with Crippen LogP contribution >= 0.6 is 0 Å². The van der Waals surface area contributed by atoms with E-state index in [1.807, 2.05) is 15.9 Å². The van der Waals surface area contributed by atoms with Gasteiger partial charge in [0.25, 0.3) is 11.5 Å². The Kier molecular flexibility index (Phi) is 4.10. The lowest BCUT2D eigenvalue weighted by Crippen LogP contribution is -2.40. The molecule has 1 saturated carbocycles. The predicted octanol–water partition coefficient (Wildman–Crippen LogP) is 1.58. The van der Waals surface area contributed by atoms with Gasteiger partial charge in [0.2, 0.25) is 5.91 Å². The molecule has 0 spiro atoms. The number of nitrogens with one attached hydrogen (secondary N) is 1. The number of carbonyl (C=O) groups excluding carboxylic acids is 2. The number of rotatable bonds is 2. The van der Waals surface area contributed by atoms with Crippen molar-refractivity contribution in [1.29, 1.82) is 0 Å². The van der Waals surface area contributed by atoms with Crippen LogP contribution in [-0.4, -0.2) is 52.8 Å². The van der Waals surface area contributed by atoms with Gasteiger partial charge in [0, 0.05) is 49.6 Å². The second kappa shape index (κ2) is 6.50. The molecule has 0 aromatic carbocycles. The first-order chi connectivity index (χ1) is 13.1. The highest BCUT2D eigenvalue weighted by atomic mass is 16.2. The van der Waals surface area contributed by atoms with E-state index in [4.69, 9.17) is 0 Å². The number of amides is 2. The molecule has 5 rings (SSSR count). The summed E-state index contributed by atoms with van der Waals surface area (Å²) in [6.07, 6.45) is 7.31. The zero-order chi connectivity index (χ0) is 18.5. The van der Waals surface area contributed by atoms with Crippen molar-refractivity contribution >= 4 is 11.8 Å². The second-order valence-electron chi connectivity index (χ2n) is 8.82. The van der Waals surface area contributed by atoms with E-state index >= 15 is 0 Å². The molecule has 2 aliphatic carbocycles. The molecule has 0 unspecified atom stereocenters. The van der Waals surface area contributed by atoms with E-state index in [-0.39, 0.29) is 22.9 Å². The summed E-state index contributed by atoms with van der Waals surface area (Å²) in [5.74, 6) is 1.13. The van der Waals surface area contributed by atoms with Crippen molar-refractivity contribution in [3.8, 4) is 0 Å². The molecule has 1 aromatic heterocycles. The minimum absolute atomic E-state index is 0.143. The number of H-pyrrole nitrogens is 1. The first kappa shape index (κ1) is 17.0. The Morgan fingerprint density at radius 1 is 0.926 bits per heavy atom. The molecular formula is C21H27N3O3. The van der Waals surface area contributed by atoms with Crippen LogP contribution in [0.15, 0.2) is 10.9 Å². The van der Waals surface area contributed by atoms with E-state index in [1.165, 1.54) is 6.42 Å². The first-order valence-corrected chi connectivity index (χ1v) is 10.4. The van der Waals surface area contributed by atoms with Gasteiger partial charge in [-0.25, -0.2) is 0 Å². The third kappa shape index (κ3) is 2.89. The number of nitrogens with zero attached hydrogens (tertiary/aromatic N) is 2. The molecule has 3 heterocycles. The number of carbonyl (C=O) groups is 2. The summed E-state index contributed by atoms with van der Waals surface area (Å²) < 4.78 is 0. The maximum atomic E-state index is 13.0. The Morgan fingerprint density at radius 3 is 2.26 bits per heavy atom. The maximum absolute atomic E-state index is 13.0. The largest absolute Gasteiger partial charge is 0.342 e. The van der Waals surface area contributed by atoms with E-state index in [1.54, 1.807) is 0 Å². The van der Waals surface area contributed by atoms with Gasteiger partial charge in [-0.05, 0) is 50.2 Å². The summed E-state index contributed by atoms with van der Waals surface area (Å²) in [4.78, 5) is 44.7. The fourth-order valence-corrected chi connectivity index (χ4v) is 5.26. The predicted molar refractivity (Wildman–Crippen MR) is 101 cm³/mol. The number of aryl methyl sites for hydroxylation is 2. The van der Waals surface area contributed by atoms with E-state index < -0.39 is 0 Å². The van der Waals surface area contributed by atoms with Crippen LogP contribution in [0.1, 0.15) is 53.7 Å². The van der Waals surface area contributed by atoms with Crippen molar-refractivity contribution in [2.75, 3.05) is 26.2 Å². The molecule has 27 heavy (non-hydrogen) atoms. The average Bonchev–Trinajstić information content (AvgIpc) is 3.18. The van der Waals surface area contributed by atoms with Gasteiger partial charge in [0.1, 0.15) is 5.56 Å². The summed E-state index contributed by atoms with van der Waals surface area (Å²) in [5, 5.41) is 0. The van der Waals surface area contributed by atoms with Gasteiger partial charge in [-0.2, -0.15) is 0 Å². The maximum Gasteiger partial charge on any atom is 0.261 e. The zero-order valence-electron chi connectivity index (χ0n) is 15.7.